The number of methoxy groups -OCH3 is 1. The summed E-state index contributed by atoms with van der Waals surface area (Å²) in [6.45, 7) is 2.35. The summed E-state index contributed by atoms with van der Waals surface area (Å²) in [4.78, 5) is 19.1. The minimum absolute atomic E-state index is 0.0783. The normalized spacial score (nSPS) is 12.0. The number of carbonyl (C=O) groups is 1. The maximum absolute atomic E-state index is 12.5. The molecule has 0 saturated carbocycles. The van der Waals surface area contributed by atoms with Crippen molar-refractivity contribution in [2.24, 2.45) is 0 Å². The summed E-state index contributed by atoms with van der Waals surface area (Å²) in [7, 11) is 5.64. The molecule has 1 aromatic heterocycles. The van der Waals surface area contributed by atoms with Gasteiger partial charge < -0.3 is 19.4 Å². The van der Waals surface area contributed by atoms with E-state index in [0.29, 0.717) is 23.9 Å². The zero-order valence-electron chi connectivity index (χ0n) is 17.3. The van der Waals surface area contributed by atoms with Crippen molar-refractivity contribution in [1.29, 1.82) is 0 Å². The summed E-state index contributed by atoms with van der Waals surface area (Å²) < 4.78 is 10.9. The van der Waals surface area contributed by atoms with E-state index in [4.69, 9.17) is 9.15 Å². The molecule has 3 aromatic rings. The van der Waals surface area contributed by atoms with Crippen LogP contribution in [0, 0.1) is 6.92 Å². The average Bonchev–Trinajstić information content (AvgIpc) is 3.09. The fourth-order valence-corrected chi connectivity index (χ4v) is 3.15. The molecule has 0 bridgehead atoms. The van der Waals surface area contributed by atoms with Crippen LogP contribution in [0.3, 0.4) is 0 Å². The Balaban J connectivity index is 1.63. The lowest BCUT2D eigenvalue weighted by Gasteiger charge is -2.25. The second-order valence-corrected chi connectivity index (χ2v) is 7.12. The van der Waals surface area contributed by atoms with Crippen LogP contribution < -0.4 is 10.1 Å². The standard InChI is InChI=1S/C23H27N3O3/c1-16-20(25-23(29-16)18-10-12-19(28-4)13-11-18)14-22(27)24-15-21(26(2)3)17-8-6-5-7-9-17/h5-13,21H,14-15H2,1-4H3,(H,24,27). The van der Waals surface area contributed by atoms with Crippen molar-refractivity contribution < 1.29 is 13.9 Å². The highest BCUT2D eigenvalue weighted by atomic mass is 16.5. The molecule has 1 heterocycles. The van der Waals surface area contributed by atoms with Crippen LogP contribution >= 0.6 is 0 Å². The lowest BCUT2D eigenvalue weighted by molar-refractivity contribution is -0.120. The van der Waals surface area contributed by atoms with Gasteiger partial charge in [-0.1, -0.05) is 30.3 Å². The van der Waals surface area contributed by atoms with Crippen molar-refractivity contribution in [2.45, 2.75) is 19.4 Å². The van der Waals surface area contributed by atoms with Gasteiger partial charge in [0.15, 0.2) is 0 Å². The number of likely N-dealkylation sites (N-methyl/N-ethyl adjacent to an activating group) is 1. The molecule has 6 heteroatoms. The van der Waals surface area contributed by atoms with Gasteiger partial charge in [0.25, 0.3) is 0 Å². The Morgan fingerprint density at radius 2 is 1.83 bits per heavy atom. The molecule has 0 spiro atoms. The first-order valence-corrected chi connectivity index (χ1v) is 9.56. The number of hydrogen-bond donors (Lipinski definition) is 1. The van der Waals surface area contributed by atoms with E-state index >= 15 is 0 Å². The zero-order valence-corrected chi connectivity index (χ0v) is 17.3. The summed E-state index contributed by atoms with van der Waals surface area (Å²) in [5.74, 6) is 1.84. The van der Waals surface area contributed by atoms with Crippen LogP contribution in [-0.2, 0) is 11.2 Å². The fraction of sp³-hybridized carbons (Fsp3) is 0.304. The highest BCUT2D eigenvalue weighted by Crippen LogP contribution is 2.24. The molecule has 29 heavy (non-hydrogen) atoms. The van der Waals surface area contributed by atoms with Crippen molar-refractivity contribution >= 4 is 5.91 Å². The van der Waals surface area contributed by atoms with E-state index in [0.717, 1.165) is 16.9 Å². The Morgan fingerprint density at radius 1 is 1.14 bits per heavy atom. The van der Waals surface area contributed by atoms with Crippen molar-refractivity contribution in [2.75, 3.05) is 27.7 Å². The second kappa shape index (κ2) is 9.39. The summed E-state index contributed by atoms with van der Waals surface area (Å²) in [5, 5.41) is 3.02. The Hall–Kier alpha value is -3.12. The van der Waals surface area contributed by atoms with E-state index in [1.807, 2.05) is 63.5 Å². The third kappa shape index (κ3) is 5.23. The number of rotatable bonds is 8. The van der Waals surface area contributed by atoms with Gasteiger partial charge in [-0.25, -0.2) is 4.98 Å². The van der Waals surface area contributed by atoms with E-state index in [2.05, 4.69) is 27.3 Å². The maximum Gasteiger partial charge on any atom is 0.226 e. The summed E-state index contributed by atoms with van der Waals surface area (Å²) >= 11 is 0. The molecule has 6 nitrogen and oxygen atoms in total. The van der Waals surface area contributed by atoms with Gasteiger partial charge in [0.2, 0.25) is 11.8 Å². The predicted octanol–water partition coefficient (Wildman–Crippen LogP) is 3.62. The lowest BCUT2D eigenvalue weighted by atomic mass is 10.1. The third-order valence-electron chi connectivity index (χ3n) is 4.86. The fourth-order valence-electron chi connectivity index (χ4n) is 3.15. The Morgan fingerprint density at radius 3 is 2.45 bits per heavy atom. The van der Waals surface area contributed by atoms with E-state index in [-0.39, 0.29) is 18.4 Å². The number of hydrogen-bond acceptors (Lipinski definition) is 5. The molecule has 0 aliphatic heterocycles. The third-order valence-corrected chi connectivity index (χ3v) is 4.86. The molecule has 3 rings (SSSR count). The van der Waals surface area contributed by atoms with Crippen LogP contribution in [0.25, 0.3) is 11.5 Å². The van der Waals surface area contributed by atoms with Crippen LogP contribution in [0.5, 0.6) is 5.75 Å². The number of oxazole rings is 1. The van der Waals surface area contributed by atoms with Crippen molar-refractivity contribution in [3.63, 3.8) is 0 Å². The quantitative estimate of drug-likeness (QED) is 0.633. The summed E-state index contributed by atoms with van der Waals surface area (Å²) in [5.41, 5.74) is 2.66. The largest absolute Gasteiger partial charge is 0.497 e. The van der Waals surface area contributed by atoms with E-state index < -0.39 is 0 Å². The van der Waals surface area contributed by atoms with E-state index in [9.17, 15) is 4.79 Å². The molecule has 2 aromatic carbocycles. The van der Waals surface area contributed by atoms with Crippen molar-refractivity contribution in [3.05, 3.63) is 71.6 Å². The van der Waals surface area contributed by atoms with Crippen LogP contribution in [0.4, 0.5) is 0 Å². The van der Waals surface area contributed by atoms with E-state index in [1.54, 1.807) is 7.11 Å². The molecule has 1 unspecified atom stereocenters. The number of carbonyl (C=O) groups excluding carboxylic acids is 1. The smallest absolute Gasteiger partial charge is 0.226 e. The topological polar surface area (TPSA) is 67.6 Å². The number of aryl methyl sites for hydroxylation is 1. The zero-order chi connectivity index (χ0) is 20.8. The first-order chi connectivity index (χ1) is 14.0. The first-order valence-electron chi connectivity index (χ1n) is 9.56. The highest BCUT2D eigenvalue weighted by molar-refractivity contribution is 5.78. The summed E-state index contributed by atoms with van der Waals surface area (Å²) in [6, 6.07) is 17.7. The van der Waals surface area contributed by atoms with Gasteiger partial charge in [0.1, 0.15) is 11.5 Å². The minimum Gasteiger partial charge on any atom is -0.497 e. The van der Waals surface area contributed by atoms with E-state index in [1.165, 1.54) is 0 Å². The molecular formula is C23H27N3O3. The Labute approximate surface area is 171 Å². The van der Waals surface area contributed by atoms with Gasteiger partial charge in [-0.3, -0.25) is 4.79 Å². The molecule has 1 amide bonds. The van der Waals surface area contributed by atoms with Gasteiger partial charge in [0, 0.05) is 12.1 Å². The predicted molar refractivity (Wildman–Crippen MR) is 113 cm³/mol. The van der Waals surface area contributed by atoms with Gasteiger partial charge >= 0.3 is 0 Å². The van der Waals surface area contributed by atoms with Gasteiger partial charge in [-0.05, 0) is 50.8 Å². The molecule has 0 aliphatic rings. The molecule has 0 aliphatic carbocycles. The van der Waals surface area contributed by atoms with Gasteiger partial charge in [-0.2, -0.15) is 0 Å². The molecule has 0 fully saturated rings. The van der Waals surface area contributed by atoms with Crippen molar-refractivity contribution in [3.8, 4) is 17.2 Å². The molecule has 152 valence electrons. The summed E-state index contributed by atoms with van der Waals surface area (Å²) in [6.07, 6.45) is 0.181. The second-order valence-electron chi connectivity index (χ2n) is 7.12. The number of amides is 1. The number of nitrogens with zero attached hydrogens (tertiary/aromatic N) is 2. The highest BCUT2D eigenvalue weighted by Gasteiger charge is 2.18. The number of aromatic nitrogens is 1. The Kier molecular flexibility index (Phi) is 6.67. The monoisotopic (exact) mass is 393 g/mol. The molecule has 0 radical (unpaired) electrons. The van der Waals surface area contributed by atoms with Crippen LogP contribution in [0.2, 0.25) is 0 Å². The van der Waals surface area contributed by atoms with Crippen molar-refractivity contribution in [1.82, 2.24) is 15.2 Å². The lowest BCUT2D eigenvalue weighted by Crippen LogP contribution is -2.35. The number of ether oxygens (including phenoxy) is 1. The Bertz CT molecular complexity index is 934. The number of nitrogens with one attached hydrogen (secondary N) is 1. The first kappa shape index (κ1) is 20.6. The van der Waals surface area contributed by atoms with Gasteiger partial charge in [-0.15, -0.1) is 0 Å². The SMILES string of the molecule is COc1ccc(-c2nc(CC(=O)NCC(c3ccccc3)N(C)C)c(C)o2)cc1. The van der Waals surface area contributed by atoms with Crippen LogP contribution in [0.1, 0.15) is 23.1 Å². The average molecular weight is 393 g/mol. The minimum atomic E-state index is -0.0783. The molecule has 1 N–H and O–H groups in total. The molecular weight excluding hydrogens is 366 g/mol. The number of benzene rings is 2. The van der Waals surface area contributed by atoms with Crippen LogP contribution in [-0.4, -0.2) is 43.5 Å². The van der Waals surface area contributed by atoms with Crippen LogP contribution in [0.15, 0.2) is 59.0 Å². The molecule has 0 saturated heterocycles. The molecule has 1 atom stereocenters. The van der Waals surface area contributed by atoms with Gasteiger partial charge in [0.05, 0.1) is 25.3 Å². The maximum atomic E-state index is 12.5.